The summed E-state index contributed by atoms with van der Waals surface area (Å²) in [7, 11) is 0. The minimum Gasteiger partial charge on any atom is -0.478 e. The topological polar surface area (TPSA) is 104 Å². The highest BCUT2D eigenvalue weighted by atomic mass is 16.4. The van der Waals surface area contributed by atoms with Crippen molar-refractivity contribution in [3.63, 3.8) is 0 Å². The lowest BCUT2D eigenvalue weighted by atomic mass is 9.85. The molecule has 2 atom stereocenters. The van der Waals surface area contributed by atoms with E-state index in [0.717, 1.165) is 0 Å². The Morgan fingerprint density at radius 2 is 1.63 bits per heavy atom. The van der Waals surface area contributed by atoms with E-state index in [-0.39, 0.29) is 34.8 Å². The molecule has 1 aliphatic heterocycles. The van der Waals surface area contributed by atoms with E-state index in [4.69, 9.17) is 5.11 Å². The van der Waals surface area contributed by atoms with E-state index in [1.807, 2.05) is 12.2 Å². The van der Waals surface area contributed by atoms with Crippen LogP contribution in [0.3, 0.4) is 0 Å². The van der Waals surface area contributed by atoms with Crippen LogP contribution in [0.4, 0.5) is 11.4 Å². The van der Waals surface area contributed by atoms with Crippen LogP contribution < -0.4 is 10.2 Å². The van der Waals surface area contributed by atoms with Crippen LogP contribution in [0, 0.1) is 18.8 Å². The number of anilines is 2. The molecule has 0 saturated carbocycles. The molecular formula is C23H20N2O5. The monoisotopic (exact) mass is 404 g/mol. The Hall–Kier alpha value is -3.74. The molecule has 2 aromatic rings. The molecule has 2 aromatic carbocycles. The minimum atomic E-state index is -1.09. The molecular weight excluding hydrogens is 384 g/mol. The van der Waals surface area contributed by atoms with Gasteiger partial charge in [-0.2, -0.15) is 0 Å². The molecule has 3 amide bonds. The summed E-state index contributed by atoms with van der Waals surface area (Å²) in [6.45, 7) is 1.76. The van der Waals surface area contributed by atoms with E-state index in [9.17, 15) is 19.2 Å². The van der Waals surface area contributed by atoms with Gasteiger partial charge in [-0.1, -0.05) is 24.3 Å². The number of nitrogens with one attached hydrogen (secondary N) is 1. The van der Waals surface area contributed by atoms with Crippen LogP contribution in [-0.2, 0) is 9.59 Å². The number of hydrogen-bond donors (Lipinski definition) is 2. The van der Waals surface area contributed by atoms with Gasteiger partial charge in [-0.05, 0) is 55.7 Å². The second-order valence-corrected chi connectivity index (χ2v) is 7.51. The molecule has 2 aliphatic rings. The fourth-order valence-corrected chi connectivity index (χ4v) is 3.93. The van der Waals surface area contributed by atoms with Crippen molar-refractivity contribution >= 4 is 35.1 Å². The zero-order valence-corrected chi connectivity index (χ0v) is 16.3. The first-order valence-electron chi connectivity index (χ1n) is 9.65. The summed E-state index contributed by atoms with van der Waals surface area (Å²) in [4.78, 5) is 50.7. The molecule has 7 nitrogen and oxygen atoms in total. The summed E-state index contributed by atoms with van der Waals surface area (Å²) in [5.74, 6) is -2.72. The highest BCUT2D eigenvalue weighted by molar-refractivity contribution is 6.22. The predicted octanol–water partition coefficient (Wildman–Crippen LogP) is 3.40. The molecule has 0 aromatic heterocycles. The first-order valence-corrected chi connectivity index (χ1v) is 9.65. The average molecular weight is 404 g/mol. The van der Waals surface area contributed by atoms with Crippen LogP contribution in [-0.4, -0.2) is 28.8 Å². The van der Waals surface area contributed by atoms with Crippen molar-refractivity contribution < 1.29 is 24.3 Å². The number of imide groups is 1. The van der Waals surface area contributed by atoms with Crippen molar-refractivity contribution in [1.29, 1.82) is 0 Å². The van der Waals surface area contributed by atoms with Gasteiger partial charge in [-0.25, -0.2) is 4.79 Å². The molecule has 152 valence electrons. The summed E-state index contributed by atoms with van der Waals surface area (Å²) in [5, 5.41) is 11.9. The zero-order chi connectivity index (χ0) is 21.4. The molecule has 1 heterocycles. The number of aromatic carboxylic acids is 1. The van der Waals surface area contributed by atoms with Gasteiger partial charge in [0.2, 0.25) is 11.8 Å². The van der Waals surface area contributed by atoms with E-state index in [1.54, 1.807) is 31.2 Å². The first-order chi connectivity index (χ1) is 14.4. The Labute approximate surface area is 173 Å². The molecule has 30 heavy (non-hydrogen) atoms. The third-order valence-electron chi connectivity index (χ3n) is 5.61. The van der Waals surface area contributed by atoms with E-state index in [1.165, 1.54) is 23.1 Å². The second-order valence-electron chi connectivity index (χ2n) is 7.51. The number of carbonyl (C=O) groups excluding carboxylic acids is 3. The van der Waals surface area contributed by atoms with Crippen molar-refractivity contribution in [3.8, 4) is 0 Å². The molecule has 4 rings (SSSR count). The largest absolute Gasteiger partial charge is 0.478 e. The number of allylic oxidation sites excluding steroid dienone is 2. The Morgan fingerprint density at radius 1 is 0.967 bits per heavy atom. The zero-order valence-electron chi connectivity index (χ0n) is 16.3. The maximum absolute atomic E-state index is 12.8. The normalized spacial score (nSPS) is 20.2. The highest BCUT2D eigenvalue weighted by Gasteiger charge is 2.47. The maximum Gasteiger partial charge on any atom is 0.335 e. The third kappa shape index (κ3) is 3.39. The number of amides is 3. The molecule has 1 saturated heterocycles. The molecule has 1 aliphatic carbocycles. The predicted molar refractivity (Wildman–Crippen MR) is 110 cm³/mol. The number of hydrogen-bond acceptors (Lipinski definition) is 4. The lowest BCUT2D eigenvalue weighted by Gasteiger charge is -2.16. The van der Waals surface area contributed by atoms with Crippen molar-refractivity contribution in [2.45, 2.75) is 19.8 Å². The Kier molecular flexibility index (Phi) is 4.95. The second kappa shape index (κ2) is 7.59. The van der Waals surface area contributed by atoms with Gasteiger partial charge in [-0.15, -0.1) is 0 Å². The molecule has 0 unspecified atom stereocenters. The summed E-state index contributed by atoms with van der Waals surface area (Å²) in [5.41, 5.74) is 1.79. The van der Waals surface area contributed by atoms with Gasteiger partial charge in [0.1, 0.15) is 0 Å². The molecule has 2 N–H and O–H groups in total. The van der Waals surface area contributed by atoms with E-state index in [0.29, 0.717) is 29.8 Å². The fraction of sp³-hybridized carbons (Fsp3) is 0.217. The lowest BCUT2D eigenvalue weighted by Crippen LogP contribution is -2.31. The van der Waals surface area contributed by atoms with E-state index in [2.05, 4.69) is 5.32 Å². The minimum absolute atomic E-state index is 0.0640. The van der Waals surface area contributed by atoms with E-state index < -0.39 is 11.9 Å². The quantitative estimate of drug-likeness (QED) is 0.600. The summed E-state index contributed by atoms with van der Waals surface area (Å²) in [6.07, 6.45) is 4.94. The lowest BCUT2D eigenvalue weighted by molar-refractivity contribution is -0.122. The molecule has 0 bridgehead atoms. The van der Waals surface area contributed by atoms with Gasteiger partial charge in [0.05, 0.1) is 23.1 Å². The SMILES string of the molecule is Cc1ccc(C(=O)O)cc1NC(=O)c1cccc(N2C(=O)[C@@H]3CC=CC[C@H]3C2=O)c1. The van der Waals surface area contributed by atoms with Gasteiger partial charge >= 0.3 is 5.97 Å². The van der Waals surface area contributed by atoms with Gasteiger partial charge in [0.15, 0.2) is 0 Å². The van der Waals surface area contributed by atoms with Crippen molar-refractivity contribution in [2.24, 2.45) is 11.8 Å². The Balaban J connectivity index is 1.59. The number of carboxylic acid groups (broad SMARTS) is 1. The van der Waals surface area contributed by atoms with Crippen molar-refractivity contribution in [2.75, 3.05) is 10.2 Å². The van der Waals surface area contributed by atoms with Crippen LogP contribution in [0.2, 0.25) is 0 Å². The first kappa shape index (κ1) is 19.6. The molecule has 0 radical (unpaired) electrons. The summed E-state index contributed by atoms with van der Waals surface area (Å²) < 4.78 is 0. The number of fused-ring (bicyclic) bond motifs is 1. The fourth-order valence-electron chi connectivity index (χ4n) is 3.93. The van der Waals surface area contributed by atoms with E-state index >= 15 is 0 Å². The highest BCUT2D eigenvalue weighted by Crippen LogP contribution is 2.37. The van der Waals surface area contributed by atoms with Gasteiger partial charge in [0.25, 0.3) is 5.91 Å². The average Bonchev–Trinajstić information content (AvgIpc) is 3.00. The number of carbonyl (C=O) groups is 4. The van der Waals surface area contributed by atoms with Gasteiger partial charge < -0.3 is 10.4 Å². The van der Waals surface area contributed by atoms with Crippen LogP contribution in [0.15, 0.2) is 54.6 Å². The standard InChI is InChI=1S/C23H20N2O5/c1-13-9-10-15(23(29)30)12-19(13)24-20(26)14-5-4-6-16(11-14)25-21(27)17-7-2-3-8-18(17)22(25)28/h2-6,9-12,17-18H,7-8H2,1H3,(H,24,26)(H,29,30)/t17-,18-/m1/s1. The summed E-state index contributed by atoms with van der Waals surface area (Å²) in [6, 6.07) is 10.8. The molecule has 1 fully saturated rings. The van der Waals surface area contributed by atoms with Gasteiger partial charge in [0, 0.05) is 11.3 Å². The Bertz CT molecular complexity index is 1080. The van der Waals surface area contributed by atoms with Crippen molar-refractivity contribution in [3.05, 3.63) is 71.3 Å². The van der Waals surface area contributed by atoms with Crippen LogP contribution in [0.25, 0.3) is 0 Å². The maximum atomic E-state index is 12.8. The van der Waals surface area contributed by atoms with Crippen molar-refractivity contribution in [1.82, 2.24) is 0 Å². The number of nitrogens with zero attached hydrogens (tertiary/aromatic N) is 1. The number of aryl methyl sites for hydroxylation is 1. The smallest absolute Gasteiger partial charge is 0.335 e. The van der Waals surface area contributed by atoms with Crippen LogP contribution in [0.1, 0.15) is 39.1 Å². The molecule has 7 heteroatoms. The molecule has 0 spiro atoms. The number of carboxylic acids is 1. The van der Waals surface area contributed by atoms with Gasteiger partial charge in [-0.3, -0.25) is 19.3 Å². The Morgan fingerprint density at radius 3 is 2.27 bits per heavy atom. The summed E-state index contributed by atoms with van der Waals surface area (Å²) >= 11 is 0. The van der Waals surface area contributed by atoms with Crippen LogP contribution in [0.5, 0.6) is 0 Å². The number of rotatable bonds is 4. The van der Waals surface area contributed by atoms with Crippen LogP contribution >= 0.6 is 0 Å². The third-order valence-corrected chi connectivity index (χ3v) is 5.61. The number of benzene rings is 2.